The zero-order valence-electron chi connectivity index (χ0n) is 14.6. The molecule has 2 aromatic heterocycles. The average Bonchev–Trinajstić information content (AvgIpc) is 2.61. The van der Waals surface area contributed by atoms with Gasteiger partial charge in [0.2, 0.25) is 5.88 Å². The average molecular weight is 367 g/mol. The van der Waals surface area contributed by atoms with Gasteiger partial charge >= 0.3 is 6.18 Å². The minimum Gasteiger partial charge on any atom is -0.481 e. The van der Waals surface area contributed by atoms with Crippen LogP contribution in [0.5, 0.6) is 5.88 Å². The van der Waals surface area contributed by atoms with Crippen molar-refractivity contribution in [3.8, 4) is 5.88 Å². The zero-order valence-corrected chi connectivity index (χ0v) is 14.6. The van der Waals surface area contributed by atoms with Gasteiger partial charge < -0.3 is 9.64 Å². The van der Waals surface area contributed by atoms with E-state index in [2.05, 4.69) is 19.9 Å². The lowest BCUT2D eigenvalue weighted by molar-refractivity contribution is -0.141. The predicted octanol–water partition coefficient (Wildman–Crippen LogP) is 2.53. The largest absolute Gasteiger partial charge is 0.481 e. The minimum absolute atomic E-state index is 0.123. The number of pyridine rings is 1. The Kier molecular flexibility index (Phi) is 5.26. The van der Waals surface area contributed by atoms with Crippen LogP contribution >= 0.6 is 0 Å². The normalized spacial score (nSPS) is 16.0. The summed E-state index contributed by atoms with van der Waals surface area (Å²) in [6.45, 7) is 4.76. The topological polar surface area (TPSA) is 54.4 Å². The SMILES string of the molecule is COc1cccc(CN2CCN(c3cc(C(F)(F)F)nc(C)n3)CC2)n1. The highest BCUT2D eigenvalue weighted by molar-refractivity contribution is 5.41. The summed E-state index contributed by atoms with van der Waals surface area (Å²) >= 11 is 0. The number of hydrogen-bond acceptors (Lipinski definition) is 6. The molecule has 140 valence electrons. The van der Waals surface area contributed by atoms with Gasteiger partial charge in [0.15, 0.2) is 0 Å². The van der Waals surface area contributed by atoms with Crippen LogP contribution in [0.1, 0.15) is 17.2 Å². The number of piperazine rings is 1. The van der Waals surface area contributed by atoms with Crippen molar-refractivity contribution in [2.75, 3.05) is 38.2 Å². The summed E-state index contributed by atoms with van der Waals surface area (Å²) in [5.41, 5.74) is -0.00181. The van der Waals surface area contributed by atoms with Gasteiger partial charge in [-0.25, -0.2) is 15.0 Å². The van der Waals surface area contributed by atoms with Crippen molar-refractivity contribution in [2.45, 2.75) is 19.6 Å². The van der Waals surface area contributed by atoms with Gasteiger partial charge in [-0.15, -0.1) is 0 Å². The predicted molar refractivity (Wildman–Crippen MR) is 90.1 cm³/mol. The Morgan fingerprint density at radius 3 is 2.46 bits per heavy atom. The number of halogens is 3. The van der Waals surface area contributed by atoms with Crippen LogP contribution in [0.2, 0.25) is 0 Å². The number of alkyl halides is 3. The lowest BCUT2D eigenvalue weighted by atomic mass is 10.2. The number of methoxy groups -OCH3 is 1. The summed E-state index contributed by atoms with van der Waals surface area (Å²) in [5.74, 6) is 1.01. The van der Waals surface area contributed by atoms with E-state index in [0.717, 1.165) is 11.8 Å². The van der Waals surface area contributed by atoms with Crippen LogP contribution in [-0.2, 0) is 12.7 Å². The van der Waals surface area contributed by atoms with E-state index in [0.29, 0.717) is 44.4 Å². The van der Waals surface area contributed by atoms with Crippen molar-refractivity contribution in [3.05, 3.63) is 41.5 Å². The smallest absolute Gasteiger partial charge is 0.433 e. The maximum atomic E-state index is 12.9. The fourth-order valence-electron chi connectivity index (χ4n) is 2.88. The van der Waals surface area contributed by atoms with Crippen LogP contribution < -0.4 is 9.64 Å². The van der Waals surface area contributed by atoms with E-state index >= 15 is 0 Å². The van der Waals surface area contributed by atoms with E-state index in [9.17, 15) is 13.2 Å². The van der Waals surface area contributed by atoms with Crippen molar-refractivity contribution >= 4 is 5.82 Å². The number of rotatable bonds is 4. The minimum atomic E-state index is -4.47. The molecule has 1 aliphatic rings. The van der Waals surface area contributed by atoms with Crippen LogP contribution in [-0.4, -0.2) is 53.1 Å². The van der Waals surface area contributed by atoms with E-state index in [4.69, 9.17) is 4.74 Å². The monoisotopic (exact) mass is 367 g/mol. The molecule has 0 unspecified atom stereocenters. The third-order valence-electron chi connectivity index (χ3n) is 4.19. The first-order valence-corrected chi connectivity index (χ1v) is 8.25. The summed E-state index contributed by atoms with van der Waals surface area (Å²) in [6, 6.07) is 6.63. The molecule has 0 saturated carbocycles. The first kappa shape index (κ1) is 18.4. The number of ether oxygens (including phenoxy) is 1. The fraction of sp³-hybridized carbons (Fsp3) is 0.471. The Hall–Kier alpha value is -2.42. The van der Waals surface area contributed by atoms with Crippen molar-refractivity contribution in [3.63, 3.8) is 0 Å². The summed E-state index contributed by atoms with van der Waals surface area (Å²) in [4.78, 5) is 16.1. The van der Waals surface area contributed by atoms with E-state index in [1.807, 2.05) is 17.0 Å². The fourth-order valence-corrected chi connectivity index (χ4v) is 2.88. The molecule has 3 rings (SSSR count). The Labute approximate surface area is 149 Å². The van der Waals surface area contributed by atoms with E-state index in [1.165, 1.54) is 6.92 Å². The summed E-state index contributed by atoms with van der Waals surface area (Å²) < 4.78 is 44.0. The first-order valence-electron chi connectivity index (χ1n) is 8.25. The summed E-state index contributed by atoms with van der Waals surface area (Å²) in [7, 11) is 1.57. The lowest BCUT2D eigenvalue weighted by Crippen LogP contribution is -2.46. The zero-order chi connectivity index (χ0) is 18.7. The van der Waals surface area contributed by atoms with E-state index < -0.39 is 11.9 Å². The third-order valence-corrected chi connectivity index (χ3v) is 4.19. The molecule has 0 bridgehead atoms. The molecule has 0 spiro atoms. The Morgan fingerprint density at radius 1 is 1.08 bits per heavy atom. The second-order valence-corrected chi connectivity index (χ2v) is 6.09. The van der Waals surface area contributed by atoms with Crippen LogP contribution in [0.4, 0.5) is 19.0 Å². The molecule has 1 aliphatic heterocycles. The molecule has 1 saturated heterocycles. The van der Waals surface area contributed by atoms with Crippen molar-refractivity contribution in [1.29, 1.82) is 0 Å². The molecule has 1 fully saturated rings. The van der Waals surface area contributed by atoms with Gasteiger partial charge in [-0.2, -0.15) is 13.2 Å². The number of hydrogen-bond donors (Lipinski definition) is 0. The van der Waals surface area contributed by atoms with Gasteiger partial charge in [-0.3, -0.25) is 4.90 Å². The van der Waals surface area contributed by atoms with Crippen molar-refractivity contribution < 1.29 is 17.9 Å². The van der Waals surface area contributed by atoms with Crippen LogP contribution in [0.25, 0.3) is 0 Å². The van der Waals surface area contributed by atoms with Gasteiger partial charge in [0.25, 0.3) is 0 Å². The van der Waals surface area contributed by atoms with Crippen LogP contribution in [0, 0.1) is 6.92 Å². The van der Waals surface area contributed by atoms with Crippen LogP contribution in [0.3, 0.4) is 0 Å². The number of anilines is 1. The Balaban J connectivity index is 1.64. The van der Waals surface area contributed by atoms with Crippen molar-refractivity contribution in [2.24, 2.45) is 0 Å². The molecule has 2 aromatic rings. The number of nitrogens with zero attached hydrogens (tertiary/aromatic N) is 5. The number of aryl methyl sites for hydroxylation is 1. The Bertz CT molecular complexity index is 760. The van der Waals surface area contributed by atoms with E-state index in [-0.39, 0.29) is 5.82 Å². The van der Waals surface area contributed by atoms with E-state index in [1.54, 1.807) is 13.2 Å². The van der Waals surface area contributed by atoms with Crippen molar-refractivity contribution in [1.82, 2.24) is 19.9 Å². The lowest BCUT2D eigenvalue weighted by Gasteiger charge is -2.35. The molecule has 0 amide bonds. The molecule has 0 N–H and O–H groups in total. The second-order valence-electron chi connectivity index (χ2n) is 6.09. The third kappa shape index (κ3) is 4.40. The molecular weight excluding hydrogens is 347 g/mol. The maximum absolute atomic E-state index is 12.9. The highest BCUT2D eigenvalue weighted by Crippen LogP contribution is 2.30. The molecular formula is C17H20F3N5O. The summed E-state index contributed by atoms with van der Waals surface area (Å²) in [5, 5.41) is 0. The van der Waals surface area contributed by atoms with Gasteiger partial charge in [0.1, 0.15) is 17.3 Å². The molecule has 3 heterocycles. The Morgan fingerprint density at radius 2 is 1.81 bits per heavy atom. The maximum Gasteiger partial charge on any atom is 0.433 e. The molecule has 0 radical (unpaired) electrons. The molecule has 26 heavy (non-hydrogen) atoms. The highest BCUT2D eigenvalue weighted by Gasteiger charge is 2.34. The molecule has 0 atom stereocenters. The molecule has 9 heteroatoms. The second kappa shape index (κ2) is 7.45. The number of aromatic nitrogens is 3. The molecule has 6 nitrogen and oxygen atoms in total. The highest BCUT2D eigenvalue weighted by atomic mass is 19.4. The molecule has 0 aliphatic carbocycles. The first-order chi connectivity index (χ1) is 12.3. The van der Waals surface area contributed by atoms with Gasteiger partial charge in [-0.1, -0.05) is 6.07 Å². The summed E-state index contributed by atoms with van der Waals surface area (Å²) in [6.07, 6.45) is -4.47. The standard InChI is InChI=1S/C17H20F3N5O/c1-12-21-14(17(18,19)20)10-15(22-12)25-8-6-24(7-9-25)11-13-4-3-5-16(23-13)26-2/h3-5,10H,6-9,11H2,1-2H3. The van der Waals surface area contributed by atoms with Gasteiger partial charge in [0, 0.05) is 44.9 Å². The molecule has 0 aromatic carbocycles. The van der Waals surface area contributed by atoms with Crippen LogP contribution in [0.15, 0.2) is 24.3 Å². The van der Waals surface area contributed by atoms with Gasteiger partial charge in [-0.05, 0) is 13.0 Å². The van der Waals surface area contributed by atoms with Gasteiger partial charge in [0.05, 0.1) is 12.8 Å². The quantitative estimate of drug-likeness (QED) is 0.828.